The topological polar surface area (TPSA) is 58.6 Å². The lowest BCUT2D eigenvalue weighted by Crippen LogP contribution is -2.55. The fourth-order valence-corrected chi connectivity index (χ4v) is 3.46. The van der Waals surface area contributed by atoms with E-state index in [2.05, 4.69) is 5.32 Å². The first kappa shape index (κ1) is 19.1. The Labute approximate surface area is 160 Å². The van der Waals surface area contributed by atoms with Crippen molar-refractivity contribution < 1.29 is 14.3 Å². The summed E-state index contributed by atoms with van der Waals surface area (Å²) < 4.78 is 5.73. The van der Waals surface area contributed by atoms with Gasteiger partial charge in [0.25, 0.3) is 5.91 Å². The number of carbonyl (C=O) groups is 2. The molecule has 1 saturated heterocycles. The first-order valence-corrected chi connectivity index (χ1v) is 9.37. The Kier molecular flexibility index (Phi) is 6.24. The maximum absolute atomic E-state index is 13.2. The molecule has 2 aromatic rings. The Balaban J connectivity index is 1.78. The highest BCUT2D eigenvalue weighted by Crippen LogP contribution is 2.14. The number of ether oxygens (including phenoxy) is 1. The highest BCUT2D eigenvalue weighted by molar-refractivity contribution is 5.97. The quantitative estimate of drug-likeness (QED) is 0.885. The standard InChI is InChI=1S/C22H26N2O3/c1-16-14-24(15-17(2)27-16)22(26)20(13-18-9-5-3-6-10-18)23-21(25)19-11-7-4-8-12-19/h3-12,16-17,20H,13-15H2,1-2H3,(H,23,25)/t16-,17+,20-/m1/s1. The molecule has 5 nitrogen and oxygen atoms in total. The molecule has 0 aromatic heterocycles. The van der Waals surface area contributed by atoms with E-state index < -0.39 is 6.04 Å². The van der Waals surface area contributed by atoms with E-state index in [4.69, 9.17) is 4.74 Å². The van der Waals surface area contributed by atoms with Crippen LogP contribution in [0.15, 0.2) is 60.7 Å². The third-order valence-corrected chi connectivity index (χ3v) is 4.65. The molecule has 2 aromatic carbocycles. The maximum Gasteiger partial charge on any atom is 0.251 e. The van der Waals surface area contributed by atoms with Gasteiger partial charge in [-0.3, -0.25) is 9.59 Å². The van der Waals surface area contributed by atoms with Crippen LogP contribution in [0.5, 0.6) is 0 Å². The van der Waals surface area contributed by atoms with Gasteiger partial charge in [0.1, 0.15) is 6.04 Å². The number of amides is 2. The molecule has 142 valence electrons. The molecular formula is C22H26N2O3. The molecule has 1 aliphatic rings. The number of nitrogens with one attached hydrogen (secondary N) is 1. The number of rotatable bonds is 5. The van der Waals surface area contributed by atoms with Crippen LogP contribution in [0.4, 0.5) is 0 Å². The van der Waals surface area contributed by atoms with Crippen LogP contribution in [0.1, 0.15) is 29.8 Å². The van der Waals surface area contributed by atoms with E-state index >= 15 is 0 Å². The molecule has 1 N–H and O–H groups in total. The minimum absolute atomic E-state index is 0.0140. The maximum atomic E-state index is 13.2. The fraction of sp³-hybridized carbons (Fsp3) is 0.364. The smallest absolute Gasteiger partial charge is 0.251 e. The van der Waals surface area contributed by atoms with E-state index in [1.54, 1.807) is 17.0 Å². The van der Waals surface area contributed by atoms with E-state index in [0.717, 1.165) is 5.56 Å². The van der Waals surface area contributed by atoms with Crippen molar-refractivity contribution in [2.75, 3.05) is 13.1 Å². The Bertz CT molecular complexity index is 754. The molecule has 1 fully saturated rings. The third-order valence-electron chi connectivity index (χ3n) is 4.65. The van der Waals surface area contributed by atoms with Crippen LogP contribution in [0.3, 0.4) is 0 Å². The summed E-state index contributed by atoms with van der Waals surface area (Å²) >= 11 is 0. The van der Waals surface area contributed by atoms with E-state index in [9.17, 15) is 9.59 Å². The summed E-state index contributed by atoms with van der Waals surface area (Å²) in [5.41, 5.74) is 1.56. The molecule has 0 unspecified atom stereocenters. The molecule has 0 radical (unpaired) electrons. The third kappa shape index (κ3) is 5.17. The molecule has 0 saturated carbocycles. The zero-order chi connectivity index (χ0) is 19.2. The van der Waals surface area contributed by atoms with Crippen molar-refractivity contribution in [2.45, 2.75) is 38.5 Å². The number of nitrogens with zero attached hydrogens (tertiary/aromatic N) is 1. The van der Waals surface area contributed by atoms with Crippen LogP contribution >= 0.6 is 0 Å². The van der Waals surface area contributed by atoms with Crippen LogP contribution in [-0.4, -0.2) is 48.1 Å². The Hall–Kier alpha value is -2.66. The Morgan fingerprint density at radius 3 is 2.15 bits per heavy atom. The van der Waals surface area contributed by atoms with Gasteiger partial charge in [-0.25, -0.2) is 0 Å². The number of benzene rings is 2. The fourth-order valence-electron chi connectivity index (χ4n) is 3.46. The largest absolute Gasteiger partial charge is 0.372 e. The summed E-state index contributed by atoms with van der Waals surface area (Å²) in [6.07, 6.45) is 0.429. The van der Waals surface area contributed by atoms with Crippen molar-refractivity contribution in [3.8, 4) is 0 Å². The van der Waals surface area contributed by atoms with Gasteiger partial charge in [-0.1, -0.05) is 48.5 Å². The minimum Gasteiger partial charge on any atom is -0.372 e. The normalized spacial score (nSPS) is 20.7. The molecular weight excluding hydrogens is 340 g/mol. The molecule has 2 amide bonds. The van der Waals surface area contributed by atoms with Crippen molar-refractivity contribution in [3.63, 3.8) is 0 Å². The molecule has 3 atom stereocenters. The second-order valence-electron chi connectivity index (χ2n) is 7.08. The van der Waals surface area contributed by atoms with Crippen molar-refractivity contribution in [3.05, 3.63) is 71.8 Å². The SMILES string of the molecule is C[C@@H]1CN(C(=O)[C@@H](Cc2ccccc2)NC(=O)c2ccccc2)C[C@H](C)O1. The van der Waals surface area contributed by atoms with Crippen LogP contribution in [0.25, 0.3) is 0 Å². The molecule has 0 spiro atoms. The molecule has 0 bridgehead atoms. The van der Waals surface area contributed by atoms with Gasteiger partial charge in [-0.05, 0) is 31.5 Å². The van der Waals surface area contributed by atoms with Crippen LogP contribution in [-0.2, 0) is 16.0 Å². The van der Waals surface area contributed by atoms with Gasteiger partial charge in [-0.15, -0.1) is 0 Å². The van der Waals surface area contributed by atoms with Crippen molar-refractivity contribution in [1.29, 1.82) is 0 Å². The summed E-state index contributed by atoms with van der Waals surface area (Å²) in [6, 6.07) is 18.1. The number of morpholine rings is 1. The second-order valence-corrected chi connectivity index (χ2v) is 7.08. The van der Waals surface area contributed by atoms with Gasteiger partial charge in [0.15, 0.2) is 0 Å². The first-order chi connectivity index (χ1) is 13.0. The predicted octanol–water partition coefficient (Wildman–Crippen LogP) is 2.66. The minimum atomic E-state index is -0.613. The lowest BCUT2D eigenvalue weighted by Gasteiger charge is -2.37. The highest BCUT2D eigenvalue weighted by Gasteiger charge is 2.31. The van der Waals surface area contributed by atoms with Crippen LogP contribution in [0.2, 0.25) is 0 Å². The summed E-state index contributed by atoms with van der Waals surface area (Å²) in [4.78, 5) is 27.7. The van der Waals surface area contributed by atoms with Crippen LogP contribution in [0, 0.1) is 0 Å². The second kappa shape index (κ2) is 8.82. The Morgan fingerprint density at radius 2 is 1.56 bits per heavy atom. The molecule has 1 heterocycles. The molecule has 0 aliphatic carbocycles. The number of hydrogen-bond donors (Lipinski definition) is 1. The van der Waals surface area contributed by atoms with Gasteiger partial charge in [0, 0.05) is 25.1 Å². The van der Waals surface area contributed by atoms with Gasteiger partial charge in [-0.2, -0.15) is 0 Å². The number of carbonyl (C=O) groups excluding carboxylic acids is 2. The molecule has 1 aliphatic heterocycles. The molecule has 27 heavy (non-hydrogen) atoms. The highest BCUT2D eigenvalue weighted by atomic mass is 16.5. The van der Waals surface area contributed by atoms with Gasteiger partial charge in [0.05, 0.1) is 12.2 Å². The zero-order valence-electron chi connectivity index (χ0n) is 15.8. The molecule has 5 heteroatoms. The lowest BCUT2D eigenvalue weighted by atomic mass is 10.0. The van der Waals surface area contributed by atoms with Gasteiger partial charge < -0.3 is 15.0 Å². The average molecular weight is 366 g/mol. The zero-order valence-corrected chi connectivity index (χ0v) is 15.8. The van der Waals surface area contributed by atoms with Crippen molar-refractivity contribution in [2.24, 2.45) is 0 Å². The summed E-state index contributed by atoms with van der Waals surface area (Å²) in [7, 11) is 0. The van der Waals surface area contributed by atoms with Crippen molar-refractivity contribution >= 4 is 11.8 Å². The Morgan fingerprint density at radius 1 is 1.00 bits per heavy atom. The van der Waals surface area contributed by atoms with E-state index in [1.165, 1.54) is 0 Å². The van der Waals surface area contributed by atoms with E-state index in [0.29, 0.717) is 25.1 Å². The monoisotopic (exact) mass is 366 g/mol. The lowest BCUT2D eigenvalue weighted by molar-refractivity contribution is -0.145. The van der Waals surface area contributed by atoms with Gasteiger partial charge >= 0.3 is 0 Å². The molecule has 3 rings (SSSR count). The predicted molar refractivity (Wildman–Crippen MR) is 104 cm³/mol. The van der Waals surface area contributed by atoms with Gasteiger partial charge in [0.2, 0.25) is 5.91 Å². The summed E-state index contributed by atoms with van der Waals surface area (Å²) in [5, 5.41) is 2.94. The summed E-state index contributed by atoms with van der Waals surface area (Å²) in [5.74, 6) is -0.302. The van der Waals surface area contributed by atoms with Crippen molar-refractivity contribution in [1.82, 2.24) is 10.2 Å². The van der Waals surface area contributed by atoms with E-state index in [1.807, 2.05) is 62.4 Å². The number of hydrogen-bond acceptors (Lipinski definition) is 3. The average Bonchev–Trinajstić information content (AvgIpc) is 2.67. The first-order valence-electron chi connectivity index (χ1n) is 9.37. The van der Waals surface area contributed by atoms with E-state index in [-0.39, 0.29) is 24.0 Å². The summed E-state index contributed by atoms with van der Waals surface area (Å²) in [6.45, 7) is 5.00. The van der Waals surface area contributed by atoms with Crippen LogP contribution < -0.4 is 5.32 Å².